The van der Waals surface area contributed by atoms with E-state index in [-0.39, 0.29) is 11.9 Å². The van der Waals surface area contributed by atoms with Gasteiger partial charge in [-0.05, 0) is 35.6 Å². The van der Waals surface area contributed by atoms with Crippen LogP contribution >= 0.6 is 11.3 Å². The van der Waals surface area contributed by atoms with E-state index in [1.54, 1.807) is 23.5 Å². The van der Waals surface area contributed by atoms with Gasteiger partial charge in [-0.1, -0.05) is 18.2 Å². The minimum absolute atomic E-state index is 0.00969. The molecule has 0 fully saturated rings. The van der Waals surface area contributed by atoms with Crippen LogP contribution in [-0.4, -0.2) is 0 Å². The lowest BCUT2D eigenvalue weighted by molar-refractivity contribution is 0.626. The zero-order chi connectivity index (χ0) is 10.7. The van der Waals surface area contributed by atoms with E-state index in [0.717, 1.165) is 12.0 Å². The van der Waals surface area contributed by atoms with Crippen LogP contribution in [0.2, 0.25) is 0 Å². The Balaban J connectivity index is 2.06. The lowest BCUT2D eigenvalue weighted by Crippen LogP contribution is -2.11. The molecule has 1 nitrogen and oxygen atoms in total. The molecule has 3 heteroatoms. The molecule has 78 valence electrons. The second kappa shape index (κ2) is 4.55. The SMILES string of the molecule is N[C@H](Cc1ccc(F)cc1)c1cccs1. The Hall–Kier alpha value is -1.19. The first-order chi connectivity index (χ1) is 7.25. The third-order valence-electron chi connectivity index (χ3n) is 2.28. The Morgan fingerprint density at radius 2 is 1.93 bits per heavy atom. The molecule has 0 aliphatic carbocycles. The molecule has 0 saturated carbocycles. The third-order valence-corrected chi connectivity index (χ3v) is 3.28. The number of halogens is 1. The normalized spacial score (nSPS) is 12.7. The first kappa shape index (κ1) is 10.3. The quantitative estimate of drug-likeness (QED) is 0.846. The van der Waals surface area contributed by atoms with Gasteiger partial charge in [-0.2, -0.15) is 0 Å². The van der Waals surface area contributed by atoms with Crippen molar-refractivity contribution in [3.05, 3.63) is 58.0 Å². The van der Waals surface area contributed by atoms with Crippen LogP contribution in [-0.2, 0) is 6.42 Å². The predicted molar refractivity (Wildman–Crippen MR) is 61.4 cm³/mol. The molecule has 2 rings (SSSR count). The van der Waals surface area contributed by atoms with Gasteiger partial charge in [0.25, 0.3) is 0 Å². The molecule has 15 heavy (non-hydrogen) atoms. The number of nitrogens with two attached hydrogens (primary N) is 1. The van der Waals surface area contributed by atoms with Gasteiger partial charge >= 0.3 is 0 Å². The molecule has 2 aromatic rings. The van der Waals surface area contributed by atoms with Gasteiger partial charge in [-0.3, -0.25) is 0 Å². The Labute approximate surface area is 92.4 Å². The van der Waals surface area contributed by atoms with Gasteiger partial charge in [0.05, 0.1) is 0 Å². The van der Waals surface area contributed by atoms with Crippen molar-refractivity contribution in [3.63, 3.8) is 0 Å². The summed E-state index contributed by atoms with van der Waals surface area (Å²) in [5.41, 5.74) is 7.09. The largest absolute Gasteiger partial charge is 0.323 e. The monoisotopic (exact) mass is 221 g/mol. The van der Waals surface area contributed by atoms with Gasteiger partial charge in [0.2, 0.25) is 0 Å². The molecule has 1 aromatic carbocycles. The number of hydrogen-bond acceptors (Lipinski definition) is 2. The summed E-state index contributed by atoms with van der Waals surface area (Å²) < 4.78 is 12.7. The third kappa shape index (κ3) is 2.64. The summed E-state index contributed by atoms with van der Waals surface area (Å²) in [6, 6.07) is 10.5. The van der Waals surface area contributed by atoms with Crippen LogP contribution in [0.3, 0.4) is 0 Å². The zero-order valence-corrected chi connectivity index (χ0v) is 9.01. The van der Waals surface area contributed by atoms with Crippen LogP contribution in [0.5, 0.6) is 0 Å². The van der Waals surface area contributed by atoms with Crippen LogP contribution in [0.25, 0.3) is 0 Å². The average molecular weight is 221 g/mol. The Morgan fingerprint density at radius 1 is 1.20 bits per heavy atom. The minimum atomic E-state index is -0.205. The summed E-state index contributed by atoms with van der Waals surface area (Å²) in [7, 11) is 0. The zero-order valence-electron chi connectivity index (χ0n) is 8.19. The summed E-state index contributed by atoms with van der Waals surface area (Å²) in [6.07, 6.45) is 0.751. The van der Waals surface area contributed by atoms with Crippen LogP contribution in [0.1, 0.15) is 16.5 Å². The first-order valence-corrected chi connectivity index (χ1v) is 5.67. The molecule has 0 saturated heterocycles. The first-order valence-electron chi connectivity index (χ1n) is 4.79. The topological polar surface area (TPSA) is 26.0 Å². The molecule has 1 aromatic heterocycles. The Kier molecular flexibility index (Phi) is 3.14. The van der Waals surface area contributed by atoms with E-state index in [2.05, 4.69) is 0 Å². The number of benzene rings is 1. The predicted octanol–water partition coefficient (Wildman–Crippen LogP) is 3.13. The maximum absolute atomic E-state index is 12.7. The average Bonchev–Trinajstić information content (AvgIpc) is 2.74. The molecule has 0 bridgehead atoms. The molecule has 1 heterocycles. The summed E-state index contributed by atoms with van der Waals surface area (Å²) in [5.74, 6) is -0.205. The van der Waals surface area contributed by atoms with Gasteiger partial charge in [-0.25, -0.2) is 4.39 Å². The van der Waals surface area contributed by atoms with E-state index in [1.807, 2.05) is 17.5 Å². The molecule has 0 aliphatic heterocycles. The van der Waals surface area contributed by atoms with Crippen molar-refractivity contribution in [2.24, 2.45) is 5.73 Å². The molecule has 0 amide bonds. The second-order valence-corrected chi connectivity index (χ2v) is 4.43. The molecule has 0 spiro atoms. The van der Waals surface area contributed by atoms with Gasteiger partial charge < -0.3 is 5.73 Å². The highest BCUT2D eigenvalue weighted by Crippen LogP contribution is 2.20. The van der Waals surface area contributed by atoms with Crippen LogP contribution < -0.4 is 5.73 Å². The lowest BCUT2D eigenvalue weighted by atomic mass is 10.1. The van der Waals surface area contributed by atoms with E-state index in [4.69, 9.17) is 5.73 Å². The smallest absolute Gasteiger partial charge is 0.123 e. The van der Waals surface area contributed by atoms with Crippen molar-refractivity contribution in [2.45, 2.75) is 12.5 Å². The molecule has 0 unspecified atom stereocenters. The second-order valence-electron chi connectivity index (χ2n) is 3.45. The fraction of sp³-hybridized carbons (Fsp3) is 0.167. The van der Waals surface area contributed by atoms with Crippen molar-refractivity contribution in [2.75, 3.05) is 0 Å². The van der Waals surface area contributed by atoms with E-state index in [1.165, 1.54) is 17.0 Å². The molecule has 2 N–H and O–H groups in total. The summed E-state index contributed by atoms with van der Waals surface area (Å²) >= 11 is 1.65. The molecular formula is C12H12FNS. The van der Waals surface area contributed by atoms with Crippen LogP contribution in [0, 0.1) is 5.82 Å². The highest BCUT2D eigenvalue weighted by atomic mass is 32.1. The maximum Gasteiger partial charge on any atom is 0.123 e. The highest BCUT2D eigenvalue weighted by Gasteiger charge is 2.07. The molecule has 0 aliphatic rings. The number of thiophene rings is 1. The fourth-order valence-corrected chi connectivity index (χ4v) is 2.21. The fourth-order valence-electron chi connectivity index (χ4n) is 1.48. The summed E-state index contributed by atoms with van der Waals surface area (Å²) in [4.78, 5) is 1.17. The van der Waals surface area contributed by atoms with Crippen molar-refractivity contribution < 1.29 is 4.39 Å². The lowest BCUT2D eigenvalue weighted by Gasteiger charge is -2.09. The molecule has 0 radical (unpaired) electrons. The van der Waals surface area contributed by atoms with Crippen LogP contribution in [0.15, 0.2) is 41.8 Å². The van der Waals surface area contributed by atoms with Crippen molar-refractivity contribution in [3.8, 4) is 0 Å². The van der Waals surface area contributed by atoms with Crippen molar-refractivity contribution >= 4 is 11.3 Å². The molecule has 1 atom stereocenters. The van der Waals surface area contributed by atoms with Crippen molar-refractivity contribution in [1.82, 2.24) is 0 Å². The maximum atomic E-state index is 12.7. The van der Waals surface area contributed by atoms with E-state index < -0.39 is 0 Å². The standard InChI is InChI=1S/C12H12FNS/c13-10-5-3-9(4-6-10)8-11(14)12-2-1-7-15-12/h1-7,11H,8,14H2/t11-/m1/s1. The van der Waals surface area contributed by atoms with Gasteiger partial charge in [0.15, 0.2) is 0 Å². The summed E-state index contributed by atoms with van der Waals surface area (Å²) in [6.45, 7) is 0. The number of hydrogen-bond donors (Lipinski definition) is 1. The van der Waals surface area contributed by atoms with Crippen LogP contribution in [0.4, 0.5) is 4.39 Å². The summed E-state index contributed by atoms with van der Waals surface area (Å²) in [5, 5.41) is 2.01. The van der Waals surface area contributed by atoms with Gasteiger partial charge in [0, 0.05) is 10.9 Å². The Bertz CT molecular complexity index is 408. The highest BCUT2D eigenvalue weighted by molar-refractivity contribution is 7.10. The number of rotatable bonds is 3. The molecular weight excluding hydrogens is 209 g/mol. The van der Waals surface area contributed by atoms with Gasteiger partial charge in [-0.15, -0.1) is 11.3 Å². The Morgan fingerprint density at radius 3 is 2.53 bits per heavy atom. The minimum Gasteiger partial charge on any atom is -0.323 e. The van der Waals surface area contributed by atoms with E-state index >= 15 is 0 Å². The van der Waals surface area contributed by atoms with Crippen molar-refractivity contribution in [1.29, 1.82) is 0 Å². The van der Waals surface area contributed by atoms with Gasteiger partial charge in [0.1, 0.15) is 5.82 Å². The van der Waals surface area contributed by atoms with E-state index in [0.29, 0.717) is 0 Å². The van der Waals surface area contributed by atoms with E-state index in [9.17, 15) is 4.39 Å².